The number of sulfonamides is 1. The van der Waals surface area contributed by atoms with Gasteiger partial charge in [0.05, 0.1) is 4.90 Å². The first-order valence-corrected chi connectivity index (χ1v) is 9.49. The van der Waals surface area contributed by atoms with Gasteiger partial charge in [0.2, 0.25) is 10.0 Å². The highest BCUT2D eigenvalue weighted by molar-refractivity contribution is 7.89. The Balaban J connectivity index is 1.67. The van der Waals surface area contributed by atoms with Crippen molar-refractivity contribution in [3.8, 4) is 0 Å². The molecule has 1 aliphatic rings. The van der Waals surface area contributed by atoms with Gasteiger partial charge in [-0.2, -0.15) is 4.31 Å². The van der Waals surface area contributed by atoms with Crippen LogP contribution in [-0.2, 0) is 16.6 Å². The summed E-state index contributed by atoms with van der Waals surface area (Å²) in [6.07, 6.45) is 0. The summed E-state index contributed by atoms with van der Waals surface area (Å²) in [4.78, 5) is 3.22. The van der Waals surface area contributed by atoms with Crippen molar-refractivity contribution >= 4 is 21.4 Å². The second kappa shape index (κ2) is 6.64. The van der Waals surface area contributed by atoms with E-state index in [0.717, 1.165) is 24.7 Å². The molecule has 4 nitrogen and oxygen atoms in total. The van der Waals surface area contributed by atoms with Gasteiger partial charge in [-0.25, -0.2) is 17.2 Å². The van der Waals surface area contributed by atoms with Crippen molar-refractivity contribution in [2.45, 2.75) is 11.4 Å². The van der Waals surface area contributed by atoms with Crippen LogP contribution in [0.5, 0.6) is 0 Å². The summed E-state index contributed by atoms with van der Waals surface area (Å²) in [5.74, 6) is -2.20. The van der Waals surface area contributed by atoms with E-state index in [1.165, 1.54) is 9.18 Å². The minimum Gasteiger partial charge on any atom is -0.296 e. The number of rotatable bonds is 4. The lowest BCUT2D eigenvalue weighted by Crippen LogP contribution is -2.48. The molecule has 2 heterocycles. The average Bonchev–Trinajstić information content (AvgIpc) is 3.03. The van der Waals surface area contributed by atoms with Crippen LogP contribution in [0.2, 0.25) is 0 Å². The third-order valence-electron chi connectivity index (χ3n) is 3.82. The SMILES string of the molecule is O=S(=O)(c1ccc(F)c(F)c1)N1CCN(Cc2cccs2)CC1. The lowest BCUT2D eigenvalue weighted by atomic mass is 10.3. The first-order chi connectivity index (χ1) is 11.0. The largest absolute Gasteiger partial charge is 0.296 e. The molecule has 1 aromatic carbocycles. The maximum absolute atomic E-state index is 13.3. The first kappa shape index (κ1) is 16.5. The van der Waals surface area contributed by atoms with Crippen LogP contribution in [0.1, 0.15) is 4.88 Å². The number of benzene rings is 1. The molecule has 0 spiro atoms. The monoisotopic (exact) mass is 358 g/mol. The maximum atomic E-state index is 13.3. The Hall–Kier alpha value is -1.35. The normalized spacial score (nSPS) is 17.5. The molecule has 1 aromatic heterocycles. The molecule has 0 saturated carbocycles. The molecule has 0 radical (unpaired) electrons. The maximum Gasteiger partial charge on any atom is 0.243 e. The summed E-state index contributed by atoms with van der Waals surface area (Å²) < 4.78 is 52.6. The van der Waals surface area contributed by atoms with Crippen LogP contribution >= 0.6 is 11.3 Å². The van der Waals surface area contributed by atoms with Gasteiger partial charge in [0.15, 0.2) is 11.6 Å². The predicted molar refractivity (Wildman–Crippen MR) is 84.7 cm³/mol. The molecule has 3 rings (SSSR count). The van der Waals surface area contributed by atoms with E-state index in [1.54, 1.807) is 11.3 Å². The molecule has 0 amide bonds. The Kier molecular flexibility index (Phi) is 4.77. The van der Waals surface area contributed by atoms with Crippen molar-refractivity contribution < 1.29 is 17.2 Å². The smallest absolute Gasteiger partial charge is 0.243 e. The zero-order valence-corrected chi connectivity index (χ0v) is 13.9. The minimum absolute atomic E-state index is 0.205. The molecule has 124 valence electrons. The molecule has 0 atom stereocenters. The fourth-order valence-electron chi connectivity index (χ4n) is 2.54. The van der Waals surface area contributed by atoms with Crippen LogP contribution in [0.15, 0.2) is 40.6 Å². The topological polar surface area (TPSA) is 40.6 Å². The Morgan fingerprint density at radius 2 is 1.78 bits per heavy atom. The fraction of sp³-hybridized carbons (Fsp3) is 0.333. The molecule has 0 N–H and O–H groups in total. The average molecular weight is 358 g/mol. The van der Waals surface area contributed by atoms with Crippen molar-refractivity contribution in [1.29, 1.82) is 0 Å². The number of hydrogen-bond acceptors (Lipinski definition) is 4. The zero-order chi connectivity index (χ0) is 16.4. The van der Waals surface area contributed by atoms with Gasteiger partial charge in [0.25, 0.3) is 0 Å². The van der Waals surface area contributed by atoms with Crippen LogP contribution in [0, 0.1) is 11.6 Å². The highest BCUT2D eigenvalue weighted by atomic mass is 32.2. The first-order valence-electron chi connectivity index (χ1n) is 7.17. The van der Waals surface area contributed by atoms with Gasteiger partial charge in [-0.3, -0.25) is 4.90 Å². The van der Waals surface area contributed by atoms with Crippen LogP contribution in [0.4, 0.5) is 8.78 Å². The summed E-state index contributed by atoms with van der Waals surface area (Å²) in [6, 6.07) is 6.72. The van der Waals surface area contributed by atoms with E-state index in [0.29, 0.717) is 26.2 Å². The van der Waals surface area contributed by atoms with Gasteiger partial charge in [-0.1, -0.05) is 6.07 Å². The van der Waals surface area contributed by atoms with Gasteiger partial charge in [-0.05, 0) is 29.6 Å². The third kappa shape index (κ3) is 3.60. The number of piperazine rings is 1. The van der Waals surface area contributed by atoms with Crippen molar-refractivity contribution in [2.24, 2.45) is 0 Å². The van der Waals surface area contributed by atoms with Gasteiger partial charge in [0.1, 0.15) is 0 Å². The number of halogens is 2. The molecule has 0 bridgehead atoms. The van der Waals surface area contributed by atoms with Crippen molar-refractivity contribution in [1.82, 2.24) is 9.21 Å². The fourth-order valence-corrected chi connectivity index (χ4v) is 4.72. The molecule has 1 aliphatic heterocycles. The predicted octanol–water partition coefficient (Wildman–Crippen LogP) is 2.53. The second-order valence-electron chi connectivity index (χ2n) is 5.34. The number of thiophene rings is 1. The number of nitrogens with zero attached hydrogens (tertiary/aromatic N) is 2. The third-order valence-corrected chi connectivity index (χ3v) is 6.58. The summed E-state index contributed by atoms with van der Waals surface area (Å²) in [7, 11) is -3.78. The summed E-state index contributed by atoms with van der Waals surface area (Å²) in [6.45, 7) is 2.71. The van der Waals surface area contributed by atoms with Crippen molar-refractivity contribution in [3.05, 3.63) is 52.2 Å². The van der Waals surface area contributed by atoms with Crippen LogP contribution in [-0.4, -0.2) is 43.8 Å². The van der Waals surface area contributed by atoms with Gasteiger partial charge in [0, 0.05) is 37.6 Å². The van der Waals surface area contributed by atoms with Crippen molar-refractivity contribution in [3.63, 3.8) is 0 Å². The van der Waals surface area contributed by atoms with Crippen molar-refractivity contribution in [2.75, 3.05) is 26.2 Å². The minimum atomic E-state index is -3.78. The molecule has 0 aliphatic carbocycles. The Morgan fingerprint density at radius 1 is 1.04 bits per heavy atom. The molecular formula is C15H16F2N2O2S2. The zero-order valence-electron chi connectivity index (χ0n) is 12.3. The van der Waals surface area contributed by atoms with E-state index in [9.17, 15) is 17.2 Å². The van der Waals surface area contributed by atoms with E-state index in [-0.39, 0.29) is 4.90 Å². The highest BCUT2D eigenvalue weighted by Crippen LogP contribution is 2.21. The molecule has 1 saturated heterocycles. The lowest BCUT2D eigenvalue weighted by Gasteiger charge is -2.33. The molecular weight excluding hydrogens is 342 g/mol. The molecule has 2 aromatic rings. The molecule has 23 heavy (non-hydrogen) atoms. The van der Waals surface area contributed by atoms with Gasteiger partial charge < -0.3 is 0 Å². The Bertz CT molecular complexity index is 771. The van der Waals surface area contributed by atoms with E-state index in [4.69, 9.17) is 0 Å². The highest BCUT2D eigenvalue weighted by Gasteiger charge is 2.29. The Labute approximate surface area is 138 Å². The van der Waals surface area contributed by atoms with Gasteiger partial charge in [-0.15, -0.1) is 11.3 Å². The van der Waals surface area contributed by atoms with E-state index in [2.05, 4.69) is 11.0 Å². The van der Waals surface area contributed by atoms with E-state index >= 15 is 0 Å². The van der Waals surface area contributed by atoms with E-state index in [1.807, 2.05) is 11.4 Å². The number of hydrogen-bond donors (Lipinski definition) is 0. The summed E-state index contributed by atoms with van der Waals surface area (Å²) in [5, 5.41) is 2.01. The van der Waals surface area contributed by atoms with Crippen LogP contribution in [0.3, 0.4) is 0 Å². The Morgan fingerprint density at radius 3 is 2.39 bits per heavy atom. The van der Waals surface area contributed by atoms with Crippen LogP contribution in [0.25, 0.3) is 0 Å². The standard InChI is InChI=1S/C15H16F2N2O2S2/c16-14-4-3-13(10-15(14)17)23(20,21)19-7-5-18(6-8-19)11-12-2-1-9-22-12/h1-4,9-10H,5-8,11H2. The summed E-state index contributed by atoms with van der Waals surface area (Å²) >= 11 is 1.67. The molecule has 0 unspecified atom stereocenters. The van der Waals surface area contributed by atoms with Crippen LogP contribution < -0.4 is 0 Å². The van der Waals surface area contributed by atoms with Gasteiger partial charge >= 0.3 is 0 Å². The lowest BCUT2D eigenvalue weighted by molar-refractivity contribution is 0.183. The summed E-state index contributed by atoms with van der Waals surface area (Å²) in [5.41, 5.74) is 0. The quantitative estimate of drug-likeness (QED) is 0.843. The molecule has 1 fully saturated rings. The molecule has 8 heteroatoms. The van der Waals surface area contributed by atoms with E-state index < -0.39 is 21.7 Å². The second-order valence-corrected chi connectivity index (χ2v) is 8.31.